The van der Waals surface area contributed by atoms with Gasteiger partial charge in [0.15, 0.2) is 22.0 Å². The zero-order valence-electron chi connectivity index (χ0n) is 13.0. The molecular formula is C18H15BrN2O3. The summed E-state index contributed by atoms with van der Waals surface area (Å²) in [5, 5.41) is 2.70. The van der Waals surface area contributed by atoms with Gasteiger partial charge in [0.05, 0.1) is 0 Å². The molecule has 0 aliphatic rings. The molecule has 0 unspecified atom stereocenters. The Morgan fingerprint density at radius 2 is 2.04 bits per heavy atom. The zero-order valence-corrected chi connectivity index (χ0v) is 14.5. The summed E-state index contributed by atoms with van der Waals surface area (Å²) >= 11 is 3.17. The van der Waals surface area contributed by atoms with Crippen LogP contribution in [0.2, 0.25) is 0 Å². The molecule has 2 heterocycles. The molecule has 0 bridgehead atoms. The van der Waals surface area contributed by atoms with E-state index >= 15 is 0 Å². The molecule has 0 saturated heterocycles. The predicted molar refractivity (Wildman–Crippen MR) is 94.1 cm³/mol. The van der Waals surface area contributed by atoms with Crippen molar-refractivity contribution in [1.82, 2.24) is 4.98 Å². The van der Waals surface area contributed by atoms with E-state index in [1.807, 2.05) is 31.2 Å². The monoisotopic (exact) mass is 386 g/mol. The van der Waals surface area contributed by atoms with Crippen molar-refractivity contribution in [1.29, 1.82) is 0 Å². The number of aromatic nitrogens is 1. The number of aryl methyl sites for hydroxylation is 1. The number of halogens is 1. The van der Waals surface area contributed by atoms with Gasteiger partial charge in [0, 0.05) is 6.20 Å². The van der Waals surface area contributed by atoms with Gasteiger partial charge in [0.1, 0.15) is 6.61 Å². The van der Waals surface area contributed by atoms with E-state index in [4.69, 9.17) is 9.15 Å². The van der Waals surface area contributed by atoms with E-state index in [2.05, 4.69) is 26.2 Å². The molecule has 3 rings (SSSR count). The highest BCUT2D eigenvalue weighted by Gasteiger charge is 2.14. The summed E-state index contributed by atoms with van der Waals surface area (Å²) in [5.41, 5.74) is 2.22. The fourth-order valence-electron chi connectivity index (χ4n) is 2.13. The summed E-state index contributed by atoms with van der Waals surface area (Å²) < 4.78 is 11.6. The Hall–Kier alpha value is -2.60. The molecule has 1 amide bonds. The molecule has 1 N–H and O–H groups in total. The molecule has 3 aromatic rings. The molecular weight excluding hydrogens is 372 g/mol. The van der Waals surface area contributed by atoms with Crippen molar-refractivity contribution in [2.75, 3.05) is 5.32 Å². The number of rotatable bonds is 5. The lowest BCUT2D eigenvalue weighted by Gasteiger charge is -2.12. The molecule has 5 nitrogen and oxygen atoms in total. The maximum Gasteiger partial charge on any atom is 0.292 e. The van der Waals surface area contributed by atoms with Crippen molar-refractivity contribution in [3.8, 4) is 5.75 Å². The van der Waals surface area contributed by atoms with Crippen LogP contribution < -0.4 is 10.1 Å². The maximum absolute atomic E-state index is 12.2. The Balaban J connectivity index is 1.73. The smallest absolute Gasteiger partial charge is 0.292 e. The summed E-state index contributed by atoms with van der Waals surface area (Å²) in [7, 11) is 0. The van der Waals surface area contributed by atoms with E-state index in [0.717, 1.165) is 11.1 Å². The quantitative estimate of drug-likeness (QED) is 0.696. The van der Waals surface area contributed by atoms with E-state index in [1.165, 1.54) is 0 Å². The molecule has 0 fully saturated rings. The van der Waals surface area contributed by atoms with Crippen LogP contribution in [0.25, 0.3) is 0 Å². The molecule has 0 aliphatic carbocycles. The second-order valence-electron chi connectivity index (χ2n) is 5.12. The second-order valence-corrected chi connectivity index (χ2v) is 5.90. The maximum atomic E-state index is 12.2. The topological polar surface area (TPSA) is 64.4 Å². The Morgan fingerprint density at radius 1 is 1.21 bits per heavy atom. The lowest BCUT2D eigenvalue weighted by atomic mass is 10.1. The highest BCUT2D eigenvalue weighted by Crippen LogP contribution is 2.24. The minimum Gasteiger partial charge on any atom is -0.485 e. The first-order valence-electron chi connectivity index (χ1n) is 7.32. The molecule has 0 atom stereocenters. The summed E-state index contributed by atoms with van der Waals surface area (Å²) in [4.78, 5) is 16.4. The van der Waals surface area contributed by atoms with Gasteiger partial charge in [-0.1, -0.05) is 24.3 Å². The fraction of sp³-hybridized carbons (Fsp3) is 0.111. The Bertz CT molecular complexity index is 861. The lowest BCUT2D eigenvalue weighted by molar-refractivity contribution is 0.0994. The number of nitrogens with zero attached hydrogens (tertiary/aromatic N) is 1. The molecule has 0 radical (unpaired) electrons. The van der Waals surface area contributed by atoms with Crippen molar-refractivity contribution in [2.45, 2.75) is 13.5 Å². The number of carbonyl (C=O) groups is 1. The van der Waals surface area contributed by atoms with Gasteiger partial charge in [-0.05, 0) is 58.2 Å². The van der Waals surface area contributed by atoms with Crippen LogP contribution >= 0.6 is 15.9 Å². The van der Waals surface area contributed by atoms with Crippen molar-refractivity contribution >= 4 is 27.7 Å². The Labute approximate surface area is 147 Å². The molecule has 6 heteroatoms. The van der Waals surface area contributed by atoms with Crippen LogP contribution in [0.4, 0.5) is 5.82 Å². The predicted octanol–water partition coefficient (Wildman–Crippen LogP) is 4.58. The van der Waals surface area contributed by atoms with Crippen LogP contribution in [-0.2, 0) is 6.61 Å². The van der Waals surface area contributed by atoms with Crippen molar-refractivity contribution in [2.24, 2.45) is 0 Å². The van der Waals surface area contributed by atoms with E-state index < -0.39 is 0 Å². The van der Waals surface area contributed by atoms with E-state index in [0.29, 0.717) is 22.8 Å². The third kappa shape index (κ3) is 3.83. The largest absolute Gasteiger partial charge is 0.485 e. The molecule has 0 spiro atoms. The molecule has 0 aliphatic heterocycles. The van der Waals surface area contributed by atoms with Gasteiger partial charge in [-0.3, -0.25) is 4.79 Å². The lowest BCUT2D eigenvalue weighted by Crippen LogP contribution is -2.13. The summed E-state index contributed by atoms with van der Waals surface area (Å²) in [6.45, 7) is 2.42. The van der Waals surface area contributed by atoms with Crippen LogP contribution in [0, 0.1) is 6.92 Å². The number of amides is 1. The van der Waals surface area contributed by atoms with Gasteiger partial charge < -0.3 is 14.5 Å². The minimum absolute atomic E-state index is 0.192. The number of nitrogens with one attached hydrogen (secondary N) is 1. The molecule has 2 aromatic heterocycles. The first kappa shape index (κ1) is 16.3. The SMILES string of the molecule is Cc1ccccc1COc1cccnc1NC(=O)c1ccc(Br)o1. The number of hydrogen-bond donors (Lipinski definition) is 1. The van der Waals surface area contributed by atoms with Gasteiger partial charge in [-0.25, -0.2) is 4.98 Å². The zero-order chi connectivity index (χ0) is 16.9. The highest BCUT2D eigenvalue weighted by molar-refractivity contribution is 9.10. The average molecular weight is 387 g/mol. The van der Waals surface area contributed by atoms with Crippen LogP contribution in [0.5, 0.6) is 5.75 Å². The van der Waals surface area contributed by atoms with Gasteiger partial charge >= 0.3 is 0 Å². The summed E-state index contributed by atoms with van der Waals surface area (Å²) in [6, 6.07) is 14.7. The third-order valence-corrected chi connectivity index (χ3v) is 3.87. The van der Waals surface area contributed by atoms with Crippen molar-refractivity contribution in [3.63, 3.8) is 0 Å². The van der Waals surface area contributed by atoms with Crippen LogP contribution in [-0.4, -0.2) is 10.9 Å². The highest BCUT2D eigenvalue weighted by atomic mass is 79.9. The number of benzene rings is 1. The fourth-order valence-corrected chi connectivity index (χ4v) is 2.44. The molecule has 24 heavy (non-hydrogen) atoms. The molecule has 1 aromatic carbocycles. The molecule has 122 valence electrons. The number of ether oxygens (including phenoxy) is 1. The minimum atomic E-state index is -0.389. The van der Waals surface area contributed by atoms with Crippen LogP contribution in [0.1, 0.15) is 21.7 Å². The van der Waals surface area contributed by atoms with Gasteiger partial charge in [-0.2, -0.15) is 0 Å². The van der Waals surface area contributed by atoms with Gasteiger partial charge in [0.25, 0.3) is 5.91 Å². The summed E-state index contributed by atoms with van der Waals surface area (Å²) in [6.07, 6.45) is 1.59. The van der Waals surface area contributed by atoms with Crippen molar-refractivity contribution < 1.29 is 13.9 Å². The standard InChI is InChI=1S/C18H15BrN2O3/c1-12-5-2-3-6-13(12)11-23-14-7-4-10-20-17(14)21-18(22)15-8-9-16(19)24-15/h2-10H,11H2,1H3,(H,20,21,22). The number of hydrogen-bond acceptors (Lipinski definition) is 4. The van der Waals surface area contributed by atoms with Gasteiger partial charge in [0.2, 0.25) is 0 Å². The van der Waals surface area contributed by atoms with Crippen LogP contribution in [0.15, 0.2) is 63.8 Å². The number of furan rings is 1. The normalized spacial score (nSPS) is 10.4. The third-order valence-electron chi connectivity index (χ3n) is 3.44. The first-order valence-corrected chi connectivity index (χ1v) is 8.12. The number of anilines is 1. The van der Waals surface area contributed by atoms with Gasteiger partial charge in [-0.15, -0.1) is 0 Å². The van der Waals surface area contributed by atoms with Crippen LogP contribution in [0.3, 0.4) is 0 Å². The first-order chi connectivity index (χ1) is 11.6. The average Bonchev–Trinajstić information content (AvgIpc) is 3.02. The number of pyridine rings is 1. The Morgan fingerprint density at radius 3 is 2.79 bits per heavy atom. The van der Waals surface area contributed by atoms with E-state index in [-0.39, 0.29) is 11.7 Å². The molecule has 0 saturated carbocycles. The summed E-state index contributed by atoms with van der Waals surface area (Å²) in [5.74, 6) is 0.654. The van der Waals surface area contributed by atoms with E-state index in [9.17, 15) is 4.79 Å². The van der Waals surface area contributed by atoms with Crippen molar-refractivity contribution in [3.05, 3.63) is 76.3 Å². The number of carbonyl (C=O) groups excluding carboxylic acids is 1. The Kier molecular flexibility index (Phi) is 4.96. The van der Waals surface area contributed by atoms with E-state index in [1.54, 1.807) is 30.5 Å². The second kappa shape index (κ2) is 7.31.